The lowest BCUT2D eigenvalue weighted by molar-refractivity contribution is 0.477. The average molecular weight is 456 g/mol. The van der Waals surface area contributed by atoms with Crippen LogP contribution in [-0.2, 0) is 0 Å². The summed E-state index contributed by atoms with van der Waals surface area (Å²) in [4.78, 5) is 21.6. The Hall–Kier alpha value is -4.13. The summed E-state index contributed by atoms with van der Waals surface area (Å²) >= 11 is 9.44. The van der Waals surface area contributed by atoms with Crippen LogP contribution in [0.3, 0.4) is 0 Å². The van der Waals surface area contributed by atoms with E-state index in [1.54, 1.807) is 66.7 Å². The first-order chi connectivity index (χ1) is 15.6. The fourth-order valence-electron chi connectivity index (χ4n) is 3.03. The highest BCUT2D eigenvalue weighted by molar-refractivity contribution is 7.78. The molecule has 1 heterocycles. The third kappa shape index (κ3) is 4.46. The predicted molar refractivity (Wildman–Crippen MR) is 129 cm³/mol. The molecule has 0 atom stereocenters. The van der Waals surface area contributed by atoms with Gasteiger partial charge in [0.2, 0.25) is 0 Å². The van der Waals surface area contributed by atoms with E-state index in [1.807, 2.05) is 0 Å². The standard InChI is InChI=1S/C23H13N5O2S2/c29-19-7-3-1-5-17(19)22-26-21(27-23(28-22)18-6-2-4-8-20(18)30)14-9-15(24-12-31)11-16(10-14)25-13-32/h1-11,29-30H. The zero-order chi connectivity index (χ0) is 22.5. The van der Waals surface area contributed by atoms with Crippen molar-refractivity contribution in [1.29, 1.82) is 0 Å². The van der Waals surface area contributed by atoms with E-state index in [2.05, 4.69) is 35.3 Å². The number of para-hydroxylation sites is 2. The van der Waals surface area contributed by atoms with Crippen molar-refractivity contribution < 1.29 is 10.2 Å². The summed E-state index contributed by atoms with van der Waals surface area (Å²) in [6.07, 6.45) is 0. The first kappa shape index (κ1) is 21.1. The van der Waals surface area contributed by atoms with Crippen LogP contribution in [0, 0.1) is 0 Å². The molecule has 4 rings (SSSR count). The van der Waals surface area contributed by atoms with Gasteiger partial charge >= 0.3 is 0 Å². The maximum absolute atomic E-state index is 10.4. The van der Waals surface area contributed by atoms with Gasteiger partial charge in [-0.3, -0.25) is 0 Å². The van der Waals surface area contributed by atoms with Gasteiger partial charge in [0.25, 0.3) is 0 Å². The van der Waals surface area contributed by atoms with Gasteiger partial charge in [0, 0.05) is 5.56 Å². The molecule has 154 valence electrons. The molecule has 0 fully saturated rings. The first-order valence-electron chi connectivity index (χ1n) is 9.23. The Balaban J connectivity index is 2.00. The normalized spacial score (nSPS) is 10.1. The van der Waals surface area contributed by atoms with E-state index in [4.69, 9.17) is 24.4 Å². The molecule has 0 unspecified atom stereocenters. The van der Waals surface area contributed by atoms with Crippen LogP contribution in [-0.4, -0.2) is 35.5 Å². The Morgan fingerprint density at radius 3 is 1.50 bits per heavy atom. The number of hydrogen-bond acceptors (Lipinski definition) is 9. The van der Waals surface area contributed by atoms with Crippen LogP contribution in [0.15, 0.2) is 76.7 Å². The van der Waals surface area contributed by atoms with Gasteiger partial charge in [-0.1, -0.05) is 24.3 Å². The van der Waals surface area contributed by atoms with Crippen LogP contribution in [0.2, 0.25) is 0 Å². The number of isothiocyanates is 2. The molecule has 2 N–H and O–H groups in total. The number of aliphatic imine (C=N–C) groups is 2. The Labute approximate surface area is 193 Å². The lowest BCUT2D eigenvalue weighted by atomic mass is 10.1. The summed E-state index contributed by atoms with van der Waals surface area (Å²) in [5, 5.41) is 25.3. The van der Waals surface area contributed by atoms with Gasteiger partial charge in [-0.2, -0.15) is 9.98 Å². The topological polar surface area (TPSA) is 104 Å². The van der Waals surface area contributed by atoms with Gasteiger partial charge in [0.1, 0.15) is 11.5 Å². The molecule has 0 aliphatic carbocycles. The van der Waals surface area contributed by atoms with Crippen molar-refractivity contribution in [2.75, 3.05) is 0 Å². The van der Waals surface area contributed by atoms with Crippen molar-refractivity contribution in [2.45, 2.75) is 0 Å². The SMILES string of the molecule is Oc1ccccc1-c1nc(-c2cc(N=C=S)cc(N=C=S)c2)nc(-c2ccccc2O)n1. The maximum Gasteiger partial charge on any atom is 0.167 e. The summed E-state index contributed by atoms with van der Waals surface area (Å²) in [5.41, 5.74) is 2.34. The van der Waals surface area contributed by atoms with E-state index in [-0.39, 0.29) is 29.0 Å². The number of aromatic nitrogens is 3. The minimum absolute atomic E-state index is 0.0120. The van der Waals surface area contributed by atoms with Gasteiger partial charge in [-0.05, 0) is 66.9 Å². The van der Waals surface area contributed by atoms with Crippen molar-refractivity contribution in [3.8, 4) is 45.7 Å². The Morgan fingerprint density at radius 1 is 0.625 bits per heavy atom. The molecule has 0 spiro atoms. The number of phenols is 2. The smallest absolute Gasteiger partial charge is 0.167 e. The van der Waals surface area contributed by atoms with E-state index < -0.39 is 0 Å². The van der Waals surface area contributed by atoms with E-state index in [0.717, 1.165) is 0 Å². The fourth-order valence-corrected chi connectivity index (χ4v) is 3.24. The number of hydrogen-bond donors (Lipinski definition) is 2. The van der Waals surface area contributed by atoms with E-state index in [9.17, 15) is 10.2 Å². The lowest BCUT2D eigenvalue weighted by Crippen LogP contribution is -2.00. The largest absolute Gasteiger partial charge is 0.507 e. The van der Waals surface area contributed by atoms with E-state index >= 15 is 0 Å². The highest BCUT2D eigenvalue weighted by Crippen LogP contribution is 2.34. The molecule has 4 aromatic rings. The molecule has 0 aliphatic rings. The van der Waals surface area contributed by atoms with Gasteiger partial charge < -0.3 is 10.2 Å². The summed E-state index contributed by atoms with van der Waals surface area (Å²) < 4.78 is 0. The summed E-state index contributed by atoms with van der Waals surface area (Å²) in [6, 6.07) is 18.5. The van der Waals surface area contributed by atoms with Gasteiger partial charge in [-0.15, -0.1) is 0 Å². The number of nitrogens with zero attached hydrogens (tertiary/aromatic N) is 5. The molecule has 0 aliphatic heterocycles. The van der Waals surface area contributed by atoms with Crippen molar-refractivity contribution in [3.63, 3.8) is 0 Å². The molecule has 0 saturated carbocycles. The number of rotatable bonds is 5. The first-order valence-corrected chi connectivity index (χ1v) is 10.0. The fraction of sp³-hybridized carbons (Fsp3) is 0. The molecule has 32 heavy (non-hydrogen) atoms. The highest BCUT2D eigenvalue weighted by atomic mass is 32.1. The van der Waals surface area contributed by atoms with Crippen molar-refractivity contribution in [3.05, 3.63) is 66.7 Å². The van der Waals surface area contributed by atoms with Crippen LogP contribution in [0.1, 0.15) is 0 Å². The van der Waals surface area contributed by atoms with Crippen molar-refractivity contribution in [2.24, 2.45) is 9.98 Å². The second-order valence-corrected chi connectivity index (χ2v) is 6.85. The number of benzene rings is 3. The molecule has 0 radical (unpaired) electrons. The Bertz CT molecular complexity index is 1330. The highest BCUT2D eigenvalue weighted by Gasteiger charge is 2.16. The monoisotopic (exact) mass is 455 g/mol. The minimum Gasteiger partial charge on any atom is -0.507 e. The van der Waals surface area contributed by atoms with Crippen LogP contribution in [0.4, 0.5) is 11.4 Å². The number of thiocarbonyl (C=S) groups is 2. The third-order valence-electron chi connectivity index (χ3n) is 4.44. The molecular formula is C23H13N5O2S2. The number of phenolic OH excluding ortho intramolecular Hbond substituents is 2. The molecule has 0 bridgehead atoms. The summed E-state index contributed by atoms with van der Waals surface area (Å²) in [7, 11) is 0. The zero-order valence-electron chi connectivity index (χ0n) is 16.3. The third-order valence-corrected chi connectivity index (χ3v) is 4.62. The van der Waals surface area contributed by atoms with Crippen LogP contribution >= 0.6 is 24.4 Å². The second kappa shape index (κ2) is 9.34. The van der Waals surface area contributed by atoms with Gasteiger partial charge in [0.05, 0.1) is 32.8 Å². The second-order valence-electron chi connectivity index (χ2n) is 6.48. The van der Waals surface area contributed by atoms with Crippen LogP contribution in [0.5, 0.6) is 11.5 Å². The molecule has 0 amide bonds. The van der Waals surface area contributed by atoms with E-state index in [1.165, 1.54) is 0 Å². The summed E-state index contributed by atoms with van der Waals surface area (Å²) in [5.74, 6) is 0.763. The van der Waals surface area contributed by atoms with Gasteiger partial charge in [-0.25, -0.2) is 15.0 Å². The molecule has 0 saturated heterocycles. The van der Waals surface area contributed by atoms with Crippen LogP contribution < -0.4 is 0 Å². The van der Waals surface area contributed by atoms with Crippen LogP contribution in [0.25, 0.3) is 34.2 Å². The predicted octanol–water partition coefficient (Wildman–Crippen LogP) is 5.75. The molecule has 3 aromatic carbocycles. The average Bonchev–Trinajstić information content (AvgIpc) is 2.80. The molecular weight excluding hydrogens is 442 g/mol. The Morgan fingerprint density at radius 2 is 1.06 bits per heavy atom. The zero-order valence-corrected chi connectivity index (χ0v) is 17.9. The molecule has 1 aromatic heterocycles. The minimum atomic E-state index is 0.0120. The summed E-state index contributed by atoms with van der Waals surface area (Å²) in [6.45, 7) is 0. The number of aromatic hydroxyl groups is 2. The molecule has 7 nitrogen and oxygen atoms in total. The van der Waals surface area contributed by atoms with E-state index in [0.29, 0.717) is 28.1 Å². The van der Waals surface area contributed by atoms with Crippen molar-refractivity contribution in [1.82, 2.24) is 15.0 Å². The van der Waals surface area contributed by atoms with Crippen molar-refractivity contribution >= 4 is 46.1 Å². The maximum atomic E-state index is 10.4. The van der Waals surface area contributed by atoms with Gasteiger partial charge in [0.15, 0.2) is 17.5 Å². The molecule has 9 heteroatoms. The lowest BCUT2D eigenvalue weighted by Gasteiger charge is -2.10. The quantitative estimate of drug-likeness (QED) is 0.291. The Kier molecular flexibility index (Phi) is 6.17.